The van der Waals surface area contributed by atoms with Crippen LogP contribution in [0.1, 0.15) is 47.7 Å². The molecule has 0 aliphatic carbocycles. The van der Waals surface area contributed by atoms with Crippen molar-refractivity contribution in [2.45, 2.75) is 38.7 Å². The first kappa shape index (κ1) is 21.0. The molecule has 0 unspecified atom stereocenters. The summed E-state index contributed by atoms with van der Waals surface area (Å²) in [6.07, 6.45) is -0.918. The van der Waals surface area contributed by atoms with Gasteiger partial charge in [0.05, 0.1) is 6.10 Å². The number of rotatable bonds is 5. The molecule has 5 nitrogen and oxygen atoms in total. The minimum absolute atomic E-state index is 0.0135. The van der Waals surface area contributed by atoms with Gasteiger partial charge < -0.3 is 15.1 Å². The highest BCUT2D eigenvalue weighted by atomic mass is 19.1. The van der Waals surface area contributed by atoms with E-state index in [4.69, 9.17) is 0 Å². The predicted octanol–water partition coefficient (Wildman–Crippen LogP) is 3.47. The molecule has 1 heterocycles. The molecule has 1 aliphatic rings. The molecule has 3 rings (SSSR count). The van der Waals surface area contributed by atoms with E-state index in [1.165, 1.54) is 29.2 Å². The Morgan fingerprint density at radius 2 is 1.90 bits per heavy atom. The zero-order valence-electron chi connectivity index (χ0n) is 16.6. The number of aliphatic hydroxyl groups is 1. The van der Waals surface area contributed by atoms with Crippen LogP contribution in [-0.2, 0) is 11.2 Å². The van der Waals surface area contributed by atoms with Crippen molar-refractivity contribution in [2.75, 3.05) is 13.1 Å². The first-order valence-corrected chi connectivity index (χ1v) is 9.78. The molecule has 154 valence electrons. The third-order valence-corrected chi connectivity index (χ3v) is 5.73. The van der Waals surface area contributed by atoms with Crippen LogP contribution in [0.3, 0.4) is 0 Å². The van der Waals surface area contributed by atoms with Crippen LogP contribution in [0, 0.1) is 11.2 Å². The normalized spacial score (nSPS) is 22.0. The van der Waals surface area contributed by atoms with E-state index in [1.54, 1.807) is 6.07 Å². The summed E-state index contributed by atoms with van der Waals surface area (Å²) in [5.41, 5.74) is 0.600. The number of amides is 1. The molecule has 0 bridgehead atoms. The molecule has 1 saturated heterocycles. The summed E-state index contributed by atoms with van der Waals surface area (Å²) in [6.45, 7) is 4.26. The Bertz CT molecular complexity index is 896. The maximum absolute atomic E-state index is 13.2. The van der Waals surface area contributed by atoms with Gasteiger partial charge in [0, 0.05) is 18.7 Å². The van der Waals surface area contributed by atoms with Gasteiger partial charge in [-0.05, 0) is 54.2 Å². The fraction of sp³-hybridized carbons (Fsp3) is 0.391. The molecule has 2 aromatic rings. The maximum Gasteiger partial charge on any atom is 0.314 e. The van der Waals surface area contributed by atoms with Crippen LogP contribution >= 0.6 is 0 Å². The van der Waals surface area contributed by atoms with Crippen molar-refractivity contribution in [1.82, 2.24) is 4.90 Å². The molecular weight excluding hydrogens is 373 g/mol. The summed E-state index contributed by atoms with van der Waals surface area (Å²) >= 11 is 0. The third-order valence-electron chi connectivity index (χ3n) is 5.73. The molecule has 2 aromatic carbocycles. The van der Waals surface area contributed by atoms with Crippen molar-refractivity contribution in [1.29, 1.82) is 0 Å². The number of carbonyl (C=O) groups is 2. The second kappa shape index (κ2) is 8.33. The number of likely N-dealkylation sites (tertiary alicyclic amines) is 1. The van der Waals surface area contributed by atoms with E-state index >= 15 is 0 Å². The average Bonchev–Trinajstić information content (AvgIpc) is 2.70. The van der Waals surface area contributed by atoms with E-state index in [1.807, 2.05) is 32.0 Å². The van der Waals surface area contributed by atoms with Gasteiger partial charge in [-0.15, -0.1) is 0 Å². The maximum atomic E-state index is 13.2. The van der Waals surface area contributed by atoms with Gasteiger partial charge in [-0.2, -0.15) is 0 Å². The van der Waals surface area contributed by atoms with Crippen LogP contribution in [0.5, 0.6) is 0 Å². The predicted molar refractivity (Wildman–Crippen MR) is 107 cm³/mol. The number of carbonyl (C=O) groups excluding carboxylic acids is 1. The van der Waals surface area contributed by atoms with Crippen molar-refractivity contribution in [3.05, 3.63) is 71.0 Å². The SMILES string of the molecule is CC(C)c1cccc(C(=O)N2CC[C@@H](O)[C@](Cc3ccc(F)cc3)(C(=O)O)C2)c1. The van der Waals surface area contributed by atoms with Gasteiger partial charge in [0.2, 0.25) is 0 Å². The van der Waals surface area contributed by atoms with Gasteiger partial charge in [0.15, 0.2) is 0 Å². The highest BCUT2D eigenvalue weighted by Crippen LogP contribution is 2.35. The molecule has 1 amide bonds. The van der Waals surface area contributed by atoms with Gasteiger partial charge in [-0.25, -0.2) is 4.39 Å². The van der Waals surface area contributed by atoms with E-state index in [0.717, 1.165) is 5.56 Å². The number of nitrogens with zero attached hydrogens (tertiary/aromatic N) is 1. The second-order valence-electron chi connectivity index (χ2n) is 8.08. The lowest BCUT2D eigenvalue weighted by Gasteiger charge is -2.43. The Hall–Kier alpha value is -2.73. The minimum atomic E-state index is -1.54. The number of piperidine rings is 1. The van der Waals surface area contributed by atoms with Crippen molar-refractivity contribution in [2.24, 2.45) is 5.41 Å². The molecule has 2 atom stereocenters. The quantitative estimate of drug-likeness (QED) is 0.807. The lowest BCUT2D eigenvalue weighted by atomic mass is 9.72. The summed E-state index contributed by atoms with van der Waals surface area (Å²) in [7, 11) is 0. The molecule has 0 aromatic heterocycles. The number of aliphatic carboxylic acids is 1. The highest BCUT2D eigenvalue weighted by Gasteiger charge is 2.50. The molecular formula is C23H26FNO4. The number of hydrogen-bond donors (Lipinski definition) is 2. The number of halogens is 1. The molecule has 6 heteroatoms. The summed E-state index contributed by atoms with van der Waals surface area (Å²) in [4.78, 5) is 26.8. The summed E-state index contributed by atoms with van der Waals surface area (Å²) in [5, 5.41) is 20.6. The van der Waals surface area contributed by atoms with Crippen molar-refractivity contribution in [3.8, 4) is 0 Å². The van der Waals surface area contributed by atoms with Crippen LogP contribution in [0.2, 0.25) is 0 Å². The van der Waals surface area contributed by atoms with E-state index in [-0.39, 0.29) is 37.8 Å². The number of carboxylic acid groups (broad SMARTS) is 1. The number of benzene rings is 2. The number of hydrogen-bond acceptors (Lipinski definition) is 3. The summed E-state index contributed by atoms with van der Waals surface area (Å²) in [6, 6.07) is 12.9. The van der Waals surface area contributed by atoms with Gasteiger partial charge in [-0.3, -0.25) is 9.59 Å². The van der Waals surface area contributed by atoms with E-state index < -0.39 is 23.3 Å². The van der Waals surface area contributed by atoms with E-state index in [2.05, 4.69) is 0 Å². The Labute approximate surface area is 169 Å². The average molecular weight is 399 g/mol. The Balaban J connectivity index is 1.89. The molecule has 29 heavy (non-hydrogen) atoms. The third kappa shape index (κ3) is 4.32. The van der Waals surface area contributed by atoms with E-state index in [0.29, 0.717) is 11.1 Å². The lowest BCUT2D eigenvalue weighted by molar-refractivity contribution is -0.161. The van der Waals surface area contributed by atoms with Crippen molar-refractivity contribution in [3.63, 3.8) is 0 Å². The molecule has 1 aliphatic heterocycles. The molecule has 2 N–H and O–H groups in total. The minimum Gasteiger partial charge on any atom is -0.481 e. The van der Waals surface area contributed by atoms with Crippen LogP contribution in [0.25, 0.3) is 0 Å². The van der Waals surface area contributed by atoms with E-state index in [9.17, 15) is 24.2 Å². The highest BCUT2D eigenvalue weighted by molar-refractivity contribution is 5.95. The fourth-order valence-corrected chi connectivity index (χ4v) is 3.89. The molecule has 1 fully saturated rings. The Morgan fingerprint density at radius 1 is 1.21 bits per heavy atom. The van der Waals surface area contributed by atoms with Crippen molar-refractivity contribution >= 4 is 11.9 Å². The van der Waals surface area contributed by atoms with Crippen LogP contribution in [0.15, 0.2) is 48.5 Å². The van der Waals surface area contributed by atoms with Gasteiger partial charge in [0.1, 0.15) is 11.2 Å². The standard InChI is InChI=1S/C23H26FNO4/c1-15(2)17-4-3-5-18(12-17)21(27)25-11-10-20(26)23(14-25,22(28)29)13-16-6-8-19(24)9-7-16/h3-9,12,15,20,26H,10-11,13-14H2,1-2H3,(H,28,29)/t20-,23-/m1/s1. The number of carboxylic acids is 1. The lowest BCUT2D eigenvalue weighted by Crippen LogP contribution is -2.58. The van der Waals surface area contributed by atoms with Crippen molar-refractivity contribution < 1.29 is 24.2 Å². The molecule has 0 saturated carbocycles. The zero-order chi connectivity index (χ0) is 21.2. The van der Waals surface area contributed by atoms with Crippen LogP contribution < -0.4 is 0 Å². The smallest absolute Gasteiger partial charge is 0.314 e. The Kier molecular flexibility index (Phi) is 6.03. The molecule has 0 radical (unpaired) electrons. The van der Waals surface area contributed by atoms with Crippen LogP contribution in [0.4, 0.5) is 4.39 Å². The van der Waals surface area contributed by atoms with Gasteiger partial charge in [-0.1, -0.05) is 38.1 Å². The largest absolute Gasteiger partial charge is 0.481 e. The molecule has 0 spiro atoms. The summed E-state index contributed by atoms with van der Waals surface area (Å²) in [5.74, 6) is -1.56. The fourth-order valence-electron chi connectivity index (χ4n) is 3.89. The summed E-state index contributed by atoms with van der Waals surface area (Å²) < 4.78 is 13.2. The first-order valence-electron chi connectivity index (χ1n) is 9.78. The zero-order valence-corrected chi connectivity index (χ0v) is 16.6. The first-order chi connectivity index (χ1) is 13.7. The monoisotopic (exact) mass is 399 g/mol. The second-order valence-corrected chi connectivity index (χ2v) is 8.08. The van der Waals surface area contributed by atoms with Gasteiger partial charge in [0.25, 0.3) is 5.91 Å². The Morgan fingerprint density at radius 3 is 2.52 bits per heavy atom. The van der Waals surface area contributed by atoms with Crippen LogP contribution in [-0.4, -0.2) is 46.2 Å². The number of aliphatic hydroxyl groups excluding tert-OH is 1. The van der Waals surface area contributed by atoms with Gasteiger partial charge >= 0.3 is 5.97 Å². The topological polar surface area (TPSA) is 77.8 Å².